The highest BCUT2D eigenvalue weighted by Gasteiger charge is 2.21. The number of nitrogens with zero attached hydrogens (tertiary/aromatic N) is 3. The van der Waals surface area contributed by atoms with Crippen LogP contribution >= 0.6 is 0 Å². The number of imidazole rings is 1. The molecular weight excluding hydrogens is 348 g/mol. The summed E-state index contributed by atoms with van der Waals surface area (Å²) in [6.45, 7) is 4.08. The second-order valence-electron chi connectivity index (χ2n) is 6.99. The van der Waals surface area contributed by atoms with Gasteiger partial charge in [0.2, 0.25) is 5.91 Å². The van der Waals surface area contributed by atoms with Crippen molar-refractivity contribution >= 4 is 5.91 Å². The first-order valence-electron chi connectivity index (χ1n) is 9.78. The zero-order valence-corrected chi connectivity index (χ0v) is 16.4. The smallest absolute Gasteiger partial charge is 0.239 e. The van der Waals surface area contributed by atoms with Crippen LogP contribution in [0.1, 0.15) is 23.7 Å². The van der Waals surface area contributed by atoms with E-state index in [0.717, 1.165) is 18.7 Å². The Morgan fingerprint density at radius 1 is 1.07 bits per heavy atom. The van der Waals surface area contributed by atoms with E-state index in [1.54, 1.807) is 6.33 Å². The summed E-state index contributed by atoms with van der Waals surface area (Å²) < 4.78 is 2.02. The third kappa shape index (κ3) is 5.54. The maximum absolute atomic E-state index is 12.8. The number of nitrogens with two attached hydrogens (primary N) is 1. The average molecular weight is 377 g/mol. The minimum atomic E-state index is -0.573. The summed E-state index contributed by atoms with van der Waals surface area (Å²) in [6.07, 6.45) is 5.05. The number of likely N-dealkylation sites (N-methyl/N-ethyl adjacent to an activating group) is 1. The summed E-state index contributed by atoms with van der Waals surface area (Å²) in [7, 11) is 0. The van der Waals surface area contributed by atoms with Crippen LogP contribution in [0.5, 0.6) is 0 Å². The Bertz CT molecular complexity index is 861. The van der Waals surface area contributed by atoms with Crippen LogP contribution in [-0.4, -0.2) is 39.5 Å². The first-order valence-corrected chi connectivity index (χ1v) is 9.78. The van der Waals surface area contributed by atoms with Crippen molar-refractivity contribution in [1.29, 1.82) is 0 Å². The van der Waals surface area contributed by atoms with Crippen LogP contribution in [-0.2, 0) is 24.2 Å². The molecule has 0 aliphatic heterocycles. The van der Waals surface area contributed by atoms with Crippen LogP contribution in [0.15, 0.2) is 73.2 Å². The molecule has 5 nitrogen and oxygen atoms in total. The molecule has 1 amide bonds. The lowest BCUT2D eigenvalue weighted by atomic mass is 10.1. The second-order valence-corrected chi connectivity index (χ2v) is 6.99. The topological polar surface area (TPSA) is 64.2 Å². The summed E-state index contributed by atoms with van der Waals surface area (Å²) >= 11 is 0. The van der Waals surface area contributed by atoms with E-state index in [1.807, 2.05) is 59.0 Å². The quantitative estimate of drug-likeness (QED) is 0.625. The maximum Gasteiger partial charge on any atom is 0.239 e. The fraction of sp³-hybridized carbons (Fsp3) is 0.304. The van der Waals surface area contributed by atoms with Gasteiger partial charge in [-0.25, -0.2) is 4.98 Å². The summed E-state index contributed by atoms with van der Waals surface area (Å²) in [5, 5.41) is 0. The number of amides is 1. The number of hydrogen-bond acceptors (Lipinski definition) is 3. The van der Waals surface area contributed by atoms with Gasteiger partial charge in [-0.3, -0.25) is 4.79 Å². The van der Waals surface area contributed by atoms with Crippen molar-refractivity contribution in [3.8, 4) is 0 Å². The monoisotopic (exact) mass is 376 g/mol. The van der Waals surface area contributed by atoms with Gasteiger partial charge >= 0.3 is 0 Å². The summed E-state index contributed by atoms with van der Waals surface area (Å²) in [5.74, 6) is -0.0176. The second kappa shape index (κ2) is 9.85. The van der Waals surface area contributed by atoms with E-state index in [9.17, 15) is 4.79 Å². The Morgan fingerprint density at radius 2 is 1.71 bits per heavy atom. The molecule has 0 radical (unpaired) electrons. The standard InChI is InChI=1S/C23H28N4O/c1-2-27(14-13-19-9-5-3-6-10-19)23(28)22(24)15-21-17-26(18-25-21)16-20-11-7-4-8-12-20/h3-12,17-18,22H,2,13-16,24H2,1H3/t22-/m0/s1. The minimum absolute atomic E-state index is 0.0176. The molecule has 0 fully saturated rings. The third-order valence-electron chi connectivity index (χ3n) is 4.85. The van der Waals surface area contributed by atoms with E-state index in [4.69, 9.17) is 5.73 Å². The van der Waals surface area contributed by atoms with Crippen molar-refractivity contribution in [3.63, 3.8) is 0 Å². The van der Waals surface area contributed by atoms with Gasteiger partial charge < -0.3 is 15.2 Å². The summed E-state index contributed by atoms with van der Waals surface area (Å²) in [4.78, 5) is 19.0. The van der Waals surface area contributed by atoms with Gasteiger partial charge in [0, 0.05) is 32.3 Å². The van der Waals surface area contributed by atoms with Gasteiger partial charge in [0.25, 0.3) is 0 Å². The Hall–Kier alpha value is -2.92. The van der Waals surface area contributed by atoms with Gasteiger partial charge in [0.1, 0.15) is 0 Å². The molecule has 3 rings (SSSR count). The molecule has 3 aromatic rings. The highest BCUT2D eigenvalue weighted by Crippen LogP contribution is 2.08. The molecular formula is C23H28N4O. The van der Waals surface area contributed by atoms with Crippen LogP contribution in [0.2, 0.25) is 0 Å². The Kier molecular flexibility index (Phi) is 6.98. The number of hydrogen-bond donors (Lipinski definition) is 1. The van der Waals surface area contributed by atoms with Crippen molar-refractivity contribution in [1.82, 2.24) is 14.5 Å². The summed E-state index contributed by atoms with van der Waals surface area (Å²) in [6, 6.07) is 19.8. The van der Waals surface area contributed by atoms with Crippen molar-refractivity contribution in [2.75, 3.05) is 13.1 Å². The average Bonchev–Trinajstić information content (AvgIpc) is 3.16. The molecule has 2 aromatic carbocycles. The van der Waals surface area contributed by atoms with Crippen molar-refractivity contribution in [2.24, 2.45) is 5.73 Å². The highest BCUT2D eigenvalue weighted by molar-refractivity contribution is 5.81. The lowest BCUT2D eigenvalue weighted by Crippen LogP contribution is -2.45. The fourth-order valence-electron chi connectivity index (χ4n) is 3.27. The fourth-order valence-corrected chi connectivity index (χ4v) is 3.27. The highest BCUT2D eigenvalue weighted by atomic mass is 16.2. The molecule has 1 heterocycles. The first-order chi connectivity index (χ1) is 13.7. The Morgan fingerprint density at radius 3 is 2.36 bits per heavy atom. The van der Waals surface area contributed by atoms with E-state index in [0.29, 0.717) is 19.5 Å². The molecule has 5 heteroatoms. The van der Waals surface area contributed by atoms with Gasteiger partial charge in [-0.2, -0.15) is 0 Å². The number of aromatic nitrogens is 2. The number of rotatable bonds is 9. The van der Waals surface area contributed by atoms with Crippen molar-refractivity contribution in [3.05, 3.63) is 90.0 Å². The molecule has 1 atom stereocenters. The molecule has 0 aliphatic rings. The van der Waals surface area contributed by atoms with Crippen LogP contribution in [0.3, 0.4) is 0 Å². The minimum Gasteiger partial charge on any atom is -0.341 e. The molecule has 146 valence electrons. The van der Waals surface area contributed by atoms with E-state index in [1.165, 1.54) is 11.1 Å². The maximum atomic E-state index is 12.8. The van der Waals surface area contributed by atoms with Crippen molar-refractivity contribution < 1.29 is 4.79 Å². The van der Waals surface area contributed by atoms with Gasteiger partial charge in [-0.1, -0.05) is 60.7 Å². The van der Waals surface area contributed by atoms with Crippen LogP contribution in [0, 0.1) is 0 Å². The lowest BCUT2D eigenvalue weighted by molar-refractivity contribution is -0.132. The molecule has 2 N–H and O–H groups in total. The zero-order valence-electron chi connectivity index (χ0n) is 16.4. The molecule has 0 saturated heterocycles. The predicted molar refractivity (Wildman–Crippen MR) is 112 cm³/mol. The SMILES string of the molecule is CCN(CCc1ccccc1)C(=O)[C@@H](N)Cc1cn(Cc2ccccc2)cn1. The van der Waals surface area contributed by atoms with Crippen molar-refractivity contribution in [2.45, 2.75) is 32.4 Å². The largest absolute Gasteiger partial charge is 0.341 e. The molecule has 0 bridgehead atoms. The van der Waals surface area contributed by atoms with E-state index >= 15 is 0 Å². The van der Waals surface area contributed by atoms with Gasteiger partial charge in [0.15, 0.2) is 0 Å². The van der Waals surface area contributed by atoms with Crippen LogP contribution in [0.4, 0.5) is 0 Å². The normalized spacial score (nSPS) is 11.9. The van der Waals surface area contributed by atoms with E-state index < -0.39 is 6.04 Å². The number of benzene rings is 2. The van der Waals surface area contributed by atoms with E-state index in [-0.39, 0.29) is 5.91 Å². The predicted octanol–water partition coefficient (Wildman–Crippen LogP) is 2.89. The summed E-state index contributed by atoms with van der Waals surface area (Å²) in [5.41, 5.74) is 9.50. The number of carbonyl (C=O) groups is 1. The van der Waals surface area contributed by atoms with Gasteiger partial charge in [-0.15, -0.1) is 0 Å². The lowest BCUT2D eigenvalue weighted by Gasteiger charge is -2.24. The molecule has 1 aromatic heterocycles. The Labute approximate surface area is 166 Å². The zero-order chi connectivity index (χ0) is 19.8. The molecule has 28 heavy (non-hydrogen) atoms. The van der Waals surface area contributed by atoms with Crippen LogP contribution in [0.25, 0.3) is 0 Å². The molecule has 0 spiro atoms. The third-order valence-corrected chi connectivity index (χ3v) is 4.85. The number of carbonyl (C=O) groups excluding carboxylic acids is 1. The molecule has 0 unspecified atom stereocenters. The van der Waals surface area contributed by atoms with Crippen LogP contribution < -0.4 is 5.73 Å². The first kappa shape index (κ1) is 19.8. The Balaban J connectivity index is 1.54. The van der Waals surface area contributed by atoms with Gasteiger partial charge in [0.05, 0.1) is 18.1 Å². The van der Waals surface area contributed by atoms with E-state index in [2.05, 4.69) is 29.2 Å². The molecule has 0 saturated carbocycles. The molecule has 0 aliphatic carbocycles. The van der Waals surface area contributed by atoms with Gasteiger partial charge in [-0.05, 0) is 24.5 Å².